The van der Waals surface area contributed by atoms with E-state index >= 15 is 0 Å². The second-order valence-electron chi connectivity index (χ2n) is 6.34. The molecule has 27 heavy (non-hydrogen) atoms. The number of halogens is 1. The second kappa shape index (κ2) is 13.2. The van der Waals surface area contributed by atoms with Gasteiger partial charge in [0.1, 0.15) is 12.6 Å². The zero-order chi connectivity index (χ0) is 19.5. The fourth-order valence-electron chi connectivity index (χ4n) is 2.58. The summed E-state index contributed by atoms with van der Waals surface area (Å²) in [6.07, 6.45) is 1.62. The molecule has 0 aliphatic carbocycles. The number of Topliss-reactive ketones (excluding diaryl/α,β-unsaturated/α-hetero) is 1. The number of hydrogen-bond donors (Lipinski definition) is 4. The Balaban J connectivity index is 0.00000676. The average molecular weight is 400 g/mol. The first-order chi connectivity index (χ1) is 12.4. The molecule has 0 spiro atoms. The van der Waals surface area contributed by atoms with Gasteiger partial charge in [-0.15, -0.1) is 12.4 Å². The molecule has 0 saturated heterocycles. The first kappa shape index (κ1) is 25.0. The Morgan fingerprint density at radius 1 is 1.15 bits per heavy atom. The summed E-state index contributed by atoms with van der Waals surface area (Å²) in [5.41, 5.74) is 6.35. The second-order valence-corrected chi connectivity index (χ2v) is 6.34. The van der Waals surface area contributed by atoms with Crippen LogP contribution in [0.4, 0.5) is 0 Å². The molecule has 0 fully saturated rings. The zero-order valence-electron chi connectivity index (χ0n) is 15.8. The third kappa shape index (κ3) is 8.51. The van der Waals surface area contributed by atoms with Crippen molar-refractivity contribution in [3.05, 3.63) is 35.9 Å². The Bertz CT molecular complexity index is 598. The van der Waals surface area contributed by atoms with E-state index in [-0.39, 0.29) is 24.9 Å². The number of aryl methyl sites for hydroxylation is 1. The molecule has 0 saturated carbocycles. The maximum atomic E-state index is 12.6. The number of aliphatic hydroxyl groups is 1. The predicted molar refractivity (Wildman–Crippen MR) is 106 cm³/mol. The van der Waals surface area contributed by atoms with E-state index < -0.39 is 36.3 Å². The van der Waals surface area contributed by atoms with Crippen LogP contribution >= 0.6 is 12.4 Å². The Labute approximate surface area is 166 Å². The molecule has 152 valence electrons. The van der Waals surface area contributed by atoms with Crippen molar-refractivity contribution >= 4 is 30.0 Å². The molecule has 0 heterocycles. The molecule has 1 aromatic carbocycles. The lowest BCUT2D eigenvalue weighted by Crippen LogP contribution is -2.55. The molecule has 1 aromatic rings. The third-order valence-electron chi connectivity index (χ3n) is 4.42. The van der Waals surface area contributed by atoms with E-state index in [9.17, 15) is 19.5 Å². The smallest absolute Gasteiger partial charge is 0.243 e. The minimum absolute atomic E-state index is 0. The molecule has 7 nitrogen and oxygen atoms in total. The number of benzene rings is 1. The van der Waals surface area contributed by atoms with Crippen LogP contribution in [0, 0.1) is 5.92 Å². The fourth-order valence-corrected chi connectivity index (χ4v) is 2.58. The molecule has 0 aliphatic heterocycles. The first-order valence-electron chi connectivity index (χ1n) is 8.90. The largest absolute Gasteiger partial charge is 0.389 e. The van der Waals surface area contributed by atoms with Gasteiger partial charge < -0.3 is 21.5 Å². The zero-order valence-corrected chi connectivity index (χ0v) is 16.6. The first-order valence-corrected chi connectivity index (χ1v) is 8.90. The molecule has 0 radical (unpaired) electrons. The molecule has 3 unspecified atom stereocenters. The molecule has 1 rings (SSSR count). The van der Waals surface area contributed by atoms with Gasteiger partial charge in [0.25, 0.3) is 0 Å². The minimum Gasteiger partial charge on any atom is -0.389 e. The molecule has 0 bridgehead atoms. The summed E-state index contributed by atoms with van der Waals surface area (Å²) < 4.78 is 0. The predicted octanol–water partition coefficient (Wildman–Crippen LogP) is 0.577. The van der Waals surface area contributed by atoms with E-state index in [2.05, 4.69) is 10.6 Å². The Morgan fingerprint density at radius 2 is 1.78 bits per heavy atom. The van der Waals surface area contributed by atoms with Gasteiger partial charge in [0.15, 0.2) is 5.78 Å². The summed E-state index contributed by atoms with van der Waals surface area (Å²) in [6, 6.07) is 7.99. The minimum atomic E-state index is -0.811. The van der Waals surface area contributed by atoms with Crippen LogP contribution in [0.15, 0.2) is 30.3 Å². The number of carbonyl (C=O) groups is 3. The molecule has 5 N–H and O–H groups in total. The standard InChI is InChI=1S/C19H29N3O4.ClH/c1-3-13(2)18(22-17(25)11-20)19(26)21-15(16(24)12-23)10-9-14-7-5-4-6-8-14;/h4-8,13,15,18,23H,3,9-12,20H2,1-2H3,(H,21,26)(H,22,25);1H. The highest BCUT2D eigenvalue weighted by molar-refractivity contribution is 5.93. The van der Waals surface area contributed by atoms with Crippen molar-refractivity contribution in [1.29, 1.82) is 0 Å². The molecule has 0 aromatic heterocycles. The molecule has 8 heteroatoms. The van der Waals surface area contributed by atoms with E-state index in [1.807, 2.05) is 44.2 Å². The summed E-state index contributed by atoms with van der Waals surface area (Å²) >= 11 is 0. The Hall–Kier alpha value is -1.96. The van der Waals surface area contributed by atoms with Crippen LogP contribution in [0.5, 0.6) is 0 Å². The van der Waals surface area contributed by atoms with Crippen molar-refractivity contribution < 1.29 is 19.5 Å². The Morgan fingerprint density at radius 3 is 2.30 bits per heavy atom. The Kier molecular flexibility index (Phi) is 12.3. The van der Waals surface area contributed by atoms with Gasteiger partial charge in [-0.05, 0) is 24.3 Å². The number of hydrogen-bond acceptors (Lipinski definition) is 5. The van der Waals surface area contributed by atoms with E-state index in [4.69, 9.17) is 5.73 Å². The highest BCUT2D eigenvalue weighted by atomic mass is 35.5. The van der Waals surface area contributed by atoms with E-state index in [1.54, 1.807) is 0 Å². The number of rotatable bonds is 11. The summed E-state index contributed by atoms with van der Waals surface area (Å²) in [7, 11) is 0. The summed E-state index contributed by atoms with van der Waals surface area (Å²) in [5.74, 6) is -1.45. The van der Waals surface area contributed by atoms with Crippen LogP contribution in [0.3, 0.4) is 0 Å². The highest BCUT2D eigenvalue weighted by Crippen LogP contribution is 2.10. The van der Waals surface area contributed by atoms with Crippen LogP contribution in [-0.4, -0.2) is 47.9 Å². The lowest BCUT2D eigenvalue weighted by molar-refractivity contribution is -0.133. The van der Waals surface area contributed by atoms with Gasteiger partial charge in [0.2, 0.25) is 11.8 Å². The number of nitrogens with one attached hydrogen (secondary N) is 2. The number of aliphatic hydroxyl groups excluding tert-OH is 1. The third-order valence-corrected chi connectivity index (χ3v) is 4.42. The maximum absolute atomic E-state index is 12.6. The quantitative estimate of drug-likeness (QED) is 0.433. The van der Waals surface area contributed by atoms with Crippen molar-refractivity contribution in [1.82, 2.24) is 10.6 Å². The SMILES string of the molecule is CCC(C)C(NC(=O)CN)C(=O)NC(CCc1ccccc1)C(=O)CO.Cl. The molecule has 0 aliphatic rings. The van der Waals surface area contributed by atoms with E-state index in [1.165, 1.54) is 0 Å². The van der Waals surface area contributed by atoms with Crippen LogP contribution < -0.4 is 16.4 Å². The van der Waals surface area contributed by atoms with Gasteiger partial charge >= 0.3 is 0 Å². The maximum Gasteiger partial charge on any atom is 0.243 e. The molecule has 3 atom stereocenters. The number of nitrogens with two attached hydrogens (primary N) is 1. The summed E-state index contributed by atoms with van der Waals surface area (Å²) in [4.78, 5) is 36.3. The number of amides is 2. The van der Waals surface area contributed by atoms with Crippen LogP contribution in [0.25, 0.3) is 0 Å². The fraction of sp³-hybridized carbons (Fsp3) is 0.526. The van der Waals surface area contributed by atoms with Gasteiger partial charge in [-0.25, -0.2) is 0 Å². The lowest BCUT2D eigenvalue weighted by Gasteiger charge is -2.26. The van der Waals surface area contributed by atoms with Gasteiger partial charge in [-0.1, -0.05) is 50.6 Å². The van der Waals surface area contributed by atoms with Crippen LogP contribution in [0.1, 0.15) is 32.3 Å². The van der Waals surface area contributed by atoms with Gasteiger partial charge in [0, 0.05) is 0 Å². The average Bonchev–Trinajstić information content (AvgIpc) is 2.68. The lowest BCUT2D eigenvalue weighted by atomic mass is 9.96. The summed E-state index contributed by atoms with van der Waals surface area (Å²) in [5, 5.41) is 14.5. The highest BCUT2D eigenvalue weighted by Gasteiger charge is 2.29. The van der Waals surface area contributed by atoms with E-state index in [0.29, 0.717) is 19.3 Å². The van der Waals surface area contributed by atoms with Gasteiger partial charge in [-0.3, -0.25) is 14.4 Å². The summed E-state index contributed by atoms with van der Waals surface area (Å²) in [6.45, 7) is 2.88. The van der Waals surface area contributed by atoms with Crippen molar-refractivity contribution in [3.63, 3.8) is 0 Å². The van der Waals surface area contributed by atoms with Crippen molar-refractivity contribution in [2.24, 2.45) is 11.7 Å². The van der Waals surface area contributed by atoms with Crippen molar-refractivity contribution in [3.8, 4) is 0 Å². The molecular formula is C19H30ClN3O4. The van der Waals surface area contributed by atoms with E-state index in [0.717, 1.165) is 5.56 Å². The van der Waals surface area contributed by atoms with Crippen molar-refractivity contribution in [2.45, 2.75) is 45.2 Å². The topological polar surface area (TPSA) is 122 Å². The molecule has 2 amide bonds. The monoisotopic (exact) mass is 399 g/mol. The van der Waals surface area contributed by atoms with Crippen molar-refractivity contribution in [2.75, 3.05) is 13.2 Å². The van der Waals surface area contributed by atoms with Gasteiger partial charge in [0.05, 0.1) is 12.6 Å². The molecular weight excluding hydrogens is 370 g/mol. The number of carbonyl (C=O) groups excluding carboxylic acids is 3. The van der Waals surface area contributed by atoms with Gasteiger partial charge in [-0.2, -0.15) is 0 Å². The number of ketones is 1. The normalized spacial score (nSPS) is 13.6. The van der Waals surface area contributed by atoms with Crippen LogP contribution in [0.2, 0.25) is 0 Å². The van der Waals surface area contributed by atoms with Crippen LogP contribution in [-0.2, 0) is 20.8 Å².